The summed E-state index contributed by atoms with van der Waals surface area (Å²) < 4.78 is 0. The van der Waals surface area contributed by atoms with Crippen LogP contribution in [0.3, 0.4) is 0 Å². The van der Waals surface area contributed by atoms with E-state index in [-0.39, 0.29) is 6.03 Å². The number of hydrogen-bond donors (Lipinski definition) is 1. The van der Waals surface area contributed by atoms with Gasteiger partial charge >= 0.3 is 6.03 Å². The van der Waals surface area contributed by atoms with Crippen molar-refractivity contribution in [2.24, 2.45) is 0 Å². The predicted octanol–water partition coefficient (Wildman–Crippen LogP) is 6.71. The van der Waals surface area contributed by atoms with Crippen molar-refractivity contribution in [2.45, 2.75) is 32.6 Å². The van der Waals surface area contributed by atoms with Crippen molar-refractivity contribution in [1.82, 2.24) is 20.3 Å². The number of nitrogens with zero attached hydrogens (tertiary/aromatic N) is 3. The van der Waals surface area contributed by atoms with E-state index in [9.17, 15) is 4.79 Å². The second-order valence-electron chi connectivity index (χ2n) is 6.61. The maximum absolute atomic E-state index is 12.6. The van der Waals surface area contributed by atoms with E-state index in [1.54, 1.807) is 30.3 Å². The minimum Gasteiger partial charge on any atom is -0.335 e. The largest absolute Gasteiger partial charge is 0.359 e. The SMILES string of the molecule is CCCCCCNC(=O)n1nc(-c2ccc(Cl)cc2)c(-c2ccc(Cl)cc2Cl)n1. The molecule has 1 heterocycles. The Morgan fingerprint density at radius 3 is 2.31 bits per heavy atom. The van der Waals surface area contributed by atoms with Crippen LogP contribution in [0.25, 0.3) is 22.5 Å². The Morgan fingerprint density at radius 1 is 0.931 bits per heavy atom. The Kier molecular flexibility index (Phi) is 7.53. The minimum atomic E-state index is -0.381. The molecule has 1 amide bonds. The first-order valence-corrected chi connectivity index (χ1v) is 10.6. The van der Waals surface area contributed by atoms with E-state index < -0.39 is 0 Å². The van der Waals surface area contributed by atoms with E-state index >= 15 is 0 Å². The molecule has 0 radical (unpaired) electrons. The van der Waals surface area contributed by atoms with Gasteiger partial charge in [0.2, 0.25) is 0 Å². The van der Waals surface area contributed by atoms with Crippen LogP contribution >= 0.6 is 34.8 Å². The van der Waals surface area contributed by atoms with Gasteiger partial charge in [0.25, 0.3) is 0 Å². The molecule has 0 fully saturated rings. The molecule has 8 heteroatoms. The van der Waals surface area contributed by atoms with E-state index in [4.69, 9.17) is 34.8 Å². The quantitative estimate of drug-likeness (QED) is 0.406. The zero-order valence-electron chi connectivity index (χ0n) is 16.0. The van der Waals surface area contributed by atoms with Crippen LogP contribution in [-0.2, 0) is 0 Å². The Labute approximate surface area is 185 Å². The van der Waals surface area contributed by atoms with Gasteiger partial charge < -0.3 is 5.32 Å². The third kappa shape index (κ3) is 5.50. The molecule has 0 saturated carbocycles. The fourth-order valence-electron chi connectivity index (χ4n) is 2.88. The van der Waals surface area contributed by atoms with Crippen molar-refractivity contribution in [3.8, 4) is 22.5 Å². The van der Waals surface area contributed by atoms with Gasteiger partial charge in [-0.05, 0) is 36.8 Å². The van der Waals surface area contributed by atoms with Gasteiger partial charge in [-0.15, -0.1) is 10.2 Å². The molecular formula is C21H21Cl3N4O. The Bertz CT molecular complexity index is 986. The molecule has 1 aromatic heterocycles. The molecule has 3 rings (SSSR count). The van der Waals surface area contributed by atoms with Crippen LogP contribution in [0.15, 0.2) is 42.5 Å². The number of rotatable bonds is 7. The second kappa shape index (κ2) is 10.1. The van der Waals surface area contributed by atoms with Gasteiger partial charge in [-0.1, -0.05) is 77.9 Å². The summed E-state index contributed by atoms with van der Waals surface area (Å²) in [5.41, 5.74) is 2.45. The summed E-state index contributed by atoms with van der Waals surface area (Å²) in [6.07, 6.45) is 4.28. The fourth-order valence-corrected chi connectivity index (χ4v) is 3.50. The highest BCUT2D eigenvalue weighted by molar-refractivity contribution is 6.36. The molecule has 29 heavy (non-hydrogen) atoms. The lowest BCUT2D eigenvalue weighted by atomic mass is 10.1. The fraction of sp³-hybridized carbons (Fsp3) is 0.286. The highest BCUT2D eigenvalue weighted by atomic mass is 35.5. The summed E-state index contributed by atoms with van der Waals surface area (Å²) in [6.45, 7) is 2.72. The molecule has 2 aromatic carbocycles. The van der Waals surface area contributed by atoms with Gasteiger partial charge in [0, 0.05) is 27.7 Å². The number of hydrogen-bond acceptors (Lipinski definition) is 3. The zero-order chi connectivity index (χ0) is 20.8. The van der Waals surface area contributed by atoms with E-state index in [2.05, 4.69) is 22.4 Å². The third-order valence-corrected chi connectivity index (χ3v) is 5.21. The molecule has 0 atom stereocenters. The normalized spacial score (nSPS) is 10.9. The average Bonchev–Trinajstić information content (AvgIpc) is 3.13. The predicted molar refractivity (Wildman–Crippen MR) is 119 cm³/mol. The molecule has 152 valence electrons. The average molecular weight is 452 g/mol. The van der Waals surface area contributed by atoms with Gasteiger partial charge in [0.15, 0.2) is 0 Å². The third-order valence-electron chi connectivity index (χ3n) is 4.41. The summed E-state index contributed by atoms with van der Waals surface area (Å²) in [5.74, 6) is 0. The van der Waals surface area contributed by atoms with Crippen LogP contribution in [0.2, 0.25) is 15.1 Å². The first-order chi connectivity index (χ1) is 14.0. The number of benzene rings is 2. The minimum absolute atomic E-state index is 0.381. The number of carbonyl (C=O) groups excluding carboxylic acids is 1. The van der Waals surface area contributed by atoms with Crippen LogP contribution in [0.1, 0.15) is 32.6 Å². The molecule has 0 aliphatic carbocycles. The number of halogens is 3. The number of nitrogens with one attached hydrogen (secondary N) is 1. The summed E-state index contributed by atoms with van der Waals surface area (Å²) >= 11 is 18.4. The molecule has 1 N–H and O–H groups in total. The van der Waals surface area contributed by atoms with Crippen LogP contribution < -0.4 is 5.32 Å². The van der Waals surface area contributed by atoms with Crippen molar-refractivity contribution in [3.63, 3.8) is 0 Å². The smallest absolute Gasteiger partial charge is 0.335 e. The van der Waals surface area contributed by atoms with E-state index in [1.165, 1.54) is 0 Å². The van der Waals surface area contributed by atoms with E-state index in [0.717, 1.165) is 36.0 Å². The lowest BCUT2D eigenvalue weighted by molar-refractivity contribution is 0.236. The van der Waals surface area contributed by atoms with Crippen LogP contribution in [0.5, 0.6) is 0 Å². The lowest BCUT2D eigenvalue weighted by Gasteiger charge is -2.04. The van der Waals surface area contributed by atoms with Crippen LogP contribution in [-0.4, -0.2) is 27.6 Å². The molecular weight excluding hydrogens is 431 g/mol. The monoisotopic (exact) mass is 450 g/mol. The first kappa shape index (κ1) is 21.6. The summed E-state index contributed by atoms with van der Waals surface area (Å²) in [6, 6.07) is 11.9. The van der Waals surface area contributed by atoms with Gasteiger partial charge in [-0.25, -0.2) is 4.79 Å². The lowest BCUT2D eigenvalue weighted by Crippen LogP contribution is -2.31. The Balaban J connectivity index is 1.93. The Morgan fingerprint density at radius 2 is 1.62 bits per heavy atom. The molecule has 0 saturated heterocycles. The number of carbonyl (C=O) groups is 1. The van der Waals surface area contributed by atoms with Crippen molar-refractivity contribution in [1.29, 1.82) is 0 Å². The second-order valence-corrected chi connectivity index (χ2v) is 7.89. The van der Waals surface area contributed by atoms with Gasteiger partial charge in [0.05, 0.1) is 5.02 Å². The molecule has 0 spiro atoms. The van der Waals surface area contributed by atoms with Gasteiger partial charge in [-0.3, -0.25) is 0 Å². The van der Waals surface area contributed by atoms with Crippen LogP contribution in [0, 0.1) is 0 Å². The first-order valence-electron chi connectivity index (χ1n) is 9.46. The van der Waals surface area contributed by atoms with Crippen molar-refractivity contribution in [2.75, 3.05) is 6.54 Å². The molecule has 0 bridgehead atoms. The number of unbranched alkanes of at least 4 members (excludes halogenated alkanes) is 3. The summed E-state index contributed by atoms with van der Waals surface area (Å²) in [7, 11) is 0. The van der Waals surface area contributed by atoms with Crippen LogP contribution in [0.4, 0.5) is 4.79 Å². The van der Waals surface area contributed by atoms with Gasteiger partial charge in [-0.2, -0.15) is 0 Å². The zero-order valence-corrected chi connectivity index (χ0v) is 18.2. The number of amides is 1. The van der Waals surface area contributed by atoms with E-state index in [0.29, 0.717) is 38.6 Å². The highest BCUT2D eigenvalue weighted by Gasteiger charge is 2.20. The van der Waals surface area contributed by atoms with Crippen molar-refractivity contribution >= 4 is 40.8 Å². The molecule has 5 nitrogen and oxygen atoms in total. The van der Waals surface area contributed by atoms with Crippen molar-refractivity contribution < 1.29 is 4.79 Å². The van der Waals surface area contributed by atoms with E-state index in [1.807, 2.05) is 12.1 Å². The summed E-state index contributed by atoms with van der Waals surface area (Å²) in [4.78, 5) is 13.6. The number of aromatic nitrogens is 3. The standard InChI is InChI=1S/C21H21Cl3N4O/c1-2-3-4-5-12-25-21(29)28-26-19(14-6-8-15(22)9-7-14)20(27-28)17-11-10-16(23)13-18(17)24/h6-11,13H,2-5,12H2,1H3,(H,25,29). The molecule has 0 aliphatic rings. The topological polar surface area (TPSA) is 59.8 Å². The molecule has 3 aromatic rings. The van der Waals surface area contributed by atoms with Crippen molar-refractivity contribution in [3.05, 3.63) is 57.5 Å². The maximum atomic E-state index is 12.6. The molecule has 0 unspecified atom stereocenters. The van der Waals surface area contributed by atoms with Gasteiger partial charge in [0.1, 0.15) is 11.4 Å². The Hall–Kier alpha value is -2.08. The highest BCUT2D eigenvalue weighted by Crippen LogP contribution is 2.35. The molecule has 0 aliphatic heterocycles. The summed E-state index contributed by atoms with van der Waals surface area (Å²) in [5, 5.41) is 13.3. The maximum Gasteiger partial charge on any atom is 0.359 e.